The van der Waals surface area contributed by atoms with Gasteiger partial charge in [0.05, 0.1) is 12.2 Å². The number of ether oxygens (including phenoxy) is 1. The Morgan fingerprint density at radius 1 is 0.415 bits per heavy atom. The van der Waals surface area contributed by atoms with Crippen molar-refractivity contribution in [3.8, 4) is 0 Å². The van der Waals surface area contributed by atoms with Crippen molar-refractivity contribution in [1.82, 2.24) is 0 Å². The Hall–Kier alpha value is 0.0300. The van der Waals surface area contributed by atoms with E-state index in [1.165, 1.54) is 199 Å². The molecule has 11 heteroatoms. The highest BCUT2D eigenvalue weighted by Crippen LogP contribution is 2.26. The number of unbranched alkanes of at least 4 members (excludes halogenated alkanes) is 32. The molecular weight excluding hydrogens is 889 g/mol. The van der Waals surface area contributed by atoms with Crippen molar-refractivity contribution >= 4 is 45.3 Å². The Balaban J connectivity index is -0.000000100. The molecule has 1 saturated heterocycles. The van der Waals surface area contributed by atoms with Gasteiger partial charge in [-0.2, -0.15) is 0 Å². The van der Waals surface area contributed by atoms with E-state index in [1.807, 2.05) is 0 Å². The molecule has 1 fully saturated rings. The van der Waals surface area contributed by atoms with E-state index in [0.29, 0.717) is 30.1 Å². The molecule has 0 radical (unpaired) electrons. The molecule has 0 bridgehead atoms. The summed E-state index contributed by atoms with van der Waals surface area (Å²) in [5, 5.41) is 8.41. The van der Waals surface area contributed by atoms with E-state index in [2.05, 4.69) is 20.8 Å². The first kappa shape index (κ1) is 84.9. The summed E-state index contributed by atoms with van der Waals surface area (Å²) in [5.74, 6) is 0.735. The molecule has 0 saturated carbocycles. The number of carbonyl (C=O) groups is 1. The van der Waals surface area contributed by atoms with Crippen LogP contribution in [0.4, 0.5) is 0 Å². The lowest BCUT2D eigenvalue weighted by molar-refractivity contribution is -0.137. The summed E-state index contributed by atoms with van der Waals surface area (Å²) in [6.45, 7) is 6.71. The van der Waals surface area contributed by atoms with Crippen molar-refractivity contribution in [3.05, 3.63) is 0 Å². The number of carboxylic acids is 1. The highest BCUT2D eigenvalue weighted by atomic mass is 33.1. The second-order valence-corrected chi connectivity index (χ2v) is 26.2. The summed E-state index contributed by atoms with van der Waals surface area (Å²) >= 11 is 0. The first-order valence-electron chi connectivity index (χ1n) is 24.4. The van der Waals surface area contributed by atoms with Crippen LogP contribution in [0.2, 0.25) is 0 Å². The van der Waals surface area contributed by atoms with E-state index in [0.717, 1.165) is 66.5 Å². The molecule has 1 rings (SSSR count). The number of rotatable bonds is 42. The van der Waals surface area contributed by atoms with Gasteiger partial charge >= 0.3 is 5.97 Å². The first-order chi connectivity index (χ1) is 27.8. The van der Waals surface area contributed by atoms with Crippen LogP contribution < -0.4 is 0 Å². The van der Waals surface area contributed by atoms with Crippen molar-refractivity contribution in [3.63, 3.8) is 0 Å². The average molecular weight is 1010 g/mol. The molecule has 1 aliphatic heterocycles. The second-order valence-electron chi connectivity index (χ2n) is 17.0. The average Bonchev–Trinajstić information content (AvgIpc) is 3.87. The van der Waals surface area contributed by atoms with Crippen molar-refractivity contribution < 1.29 is 31.5 Å². The monoisotopic (exact) mass is 1010 g/mol. The minimum Gasteiger partial charge on any atom is -0.481 e. The van der Waals surface area contributed by atoms with Gasteiger partial charge in [0.2, 0.25) is 0 Å². The number of carboxylic acid groups (broad SMARTS) is 1. The van der Waals surface area contributed by atoms with Crippen molar-refractivity contribution in [2.24, 2.45) is 0 Å². The molecule has 406 valence electrons. The topological polar surface area (TPSA) is 118 Å². The third-order valence-corrected chi connectivity index (χ3v) is 16.1. The highest BCUT2D eigenvalue weighted by molar-refractivity contribution is 8.72. The minimum absolute atomic E-state index is 0. The minimum atomic E-state index is -2.87. The summed E-state index contributed by atoms with van der Waals surface area (Å²) < 4.78 is 48.9. The third kappa shape index (κ3) is 84.4. The second kappa shape index (κ2) is 64.0. The standard InChI is InChI=1S/C23H48.C13H28O4S4.C11H20O3.7CH4/c1-3-5-7-9-11-13-15-17-19-21-23-22-20-18-16-14-12-10-8-6-4-2;1-20(14,15)18-12-10-8-6-4-3-5-7-9-11-13-19-21(2,16)17;1-9-10(14-9)7-5-3-2-4-6-8-11(12)13;;;;;;;/h3-23H2,1-2H3;3-13H2,1-2H3;9-10H,2-8H2,1H3,(H,12,13);7*1H4. The molecule has 0 amide bonds. The summed E-state index contributed by atoms with van der Waals surface area (Å²) in [4.78, 5) is 10.2. The number of epoxide rings is 1. The molecule has 0 aromatic rings. The Bertz CT molecular complexity index is 1010. The Morgan fingerprint density at radius 3 is 0.846 bits per heavy atom. The van der Waals surface area contributed by atoms with Crippen LogP contribution in [0.1, 0.15) is 310 Å². The van der Waals surface area contributed by atoms with E-state index in [1.54, 1.807) is 0 Å². The van der Waals surface area contributed by atoms with Gasteiger partial charge in [-0.1, -0.05) is 271 Å². The molecule has 0 aromatic carbocycles. The predicted octanol–water partition coefficient (Wildman–Crippen LogP) is 20.1. The van der Waals surface area contributed by atoms with Crippen LogP contribution in [-0.2, 0) is 27.3 Å². The molecule has 0 spiro atoms. The van der Waals surface area contributed by atoms with E-state index < -0.39 is 23.7 Å². The van der Waals surface area contributed by atoms with E-state index >= 15 is 0 Å². The van der Waals surface area contributed by atoms with Crippen molar-refractivity contribution in [1.29, 1.82) is 0 Å². The summed E-state index contributed by atoms with van der Waals surface area (Å²) in [7, 11) is -3.65. The smallest absolute Gasteiger partial charge is 0.303 e. The Morgan fingerprint density at radius 2 is 0.631 bits per heavy atom. The third-order valence-electron chi connectivity index (χ3n) is 10.8. The molecule has 0 aromatic heterocycles. The van der Waals surface area contributed by atoms with Crippen LogP contribution in [0.15, 0.2) is 0 Å². The van der Waals surface area contributed by atoms with Gasteiger partial charge in [-0.25, -0.2) is 16.8 Å². The molecule has 0 aliphatic carbocycles. The molecule has 1 heterocycles. The van der Waals surface area contributed by atoms with Crippen LogP contribution in [-0.4, -0.2) is 64.1 Å². The summed E-state index contributed by atoms with van der Waals surface area (Å²) in [6, 6.07) is 0. The Kier molecular flexibility index (Phi) is 83.7. The summed E-state index contributed by atoms with van der Waals surface area (Å²) in [6.07, 6.45) is 51.5. The van der Waals surface area contributed by atoms with Crippen LogP contribution in [0.3, 0.4) is 0 Å². The van der Waals surface area contributed by atoms with Crippen LogP contribution in [0.5, 0.6) is 0 Å². The molecule has 1 aliphatic rings. The molecule has 1 N–H and O–H groups in total. The number of hydrogen-bond donors (Lipinski definition) is 1. The van der Waals surface area contributed by atoms with Crippen LogP contribution >= 0.6 is 21.6 Å². The summed E-state index contributed by atoms with van der Waals surface area (Å²) in [5.41, 5.74) is 0. The molecule has 2 atom stereocenters. The zero-order valence-electron chi connectivity index (χ0n) is 38.8. The first-order valence-corrected chi connectivity index (χ1v) is 31.2. The lowest BCUT2D eigenvalue weighted by Crippen LogP contribution is -1.94. The van der Waals surface area contributed by atoms with Crippen molar-refractivity contribution in [2.45, 2.75) is 323 Å². The normalized spacial score (nSPS) is 13.4. The Labute approximate surface area is 420 Å². The number of hydrogen-bond acceptors (Lipinski definition) is 8. The number of aliphatic carboxylic acids is 1. The van der Waals surface area contributed by atoms with Crippen LogP contribution in [0, 0.1) is 0 Å². The van der Waals surface area contributed by atoms with E-state index in [4.69, 9.17) is 9.84 Å². The van der Waals surface area contributed by atoms with Gasteiger partial charge in [-0.15, -0.1) is 0 Å². The molecule has 65 heavy (non-hydrogen) atoms. The maximum absolute atomic E-state index is 10.9. The zero-order valence-corrected chi connectivity index (χ0v) is 42.0. The highest BCUT2D eigenvalue weighted by Gasteiger charge is 2.32. The lowest BCUT2D eigenvalue weighted by atomic mass is 10.0. The maximum Gasteiger partial charge on any atom is 0.303 e. The molecular formula is C54H124O7S4. The quantitative estimate of drug-likeness (QED) is 0.0362. The largest absolute Gasteiger partial charge is 0.481 e. The van der Waals surface area contributed by atoms with Gasteiger partial charge in [-0.05, 0) is 54.2 Å². The fraction of sp³-hybridized carbons (Fsp3) is 0.981. The van der Waals surface area contributed by atoms with Crippen LogP contribution in [0.25, 0.3) is 0 Å². The maximum atomic E-state index is 10.9. The SMILES string of the molecule is C.C.C.C.C.C.C.CC1OC1CCCCCCCC(=O)O.CCCCCCCCCCCCCCCCCCCCCCC.CS(=O)(=O)SCCCCCCCCCCCSS(C)(=O)=O. The van der Waals surface area contributed by atoms with Crippen molar-refractivity contribution in [2.75, 3.05) is 24.0 Å². The molecule has 2 unspecified atom stereocenters. The zero-order chi connectivity index (χ0) is 43.4. The van der Waals surface area contributed by atoms with Gasteiger partial charge in [0.25, 0.3) is 0 Å². The lowest BCUT2D eigenvalue weighted by Gasteiger charge is -2.04. The van der Waals surface area contributed by atoms with Gasteiger partial charge < -0.3 is 9.84 Å². The predicted molar refractivity (Wildman–Crippen MR) is 306 cm³/mol. The van der Waals surface area contributed by atoms with E-state index in [9.17, 15) is 21.6 Å². The fourth-order valence-corrected chi connectivity index (χ4v) is 10.8. The van der Waals surface area contributed by atoms with Gasteiger partial charge in [0.1, 0.15) is 0 Å². The van der Waals surface area contributed by atoms with E-state index in [-0.39, 0.29) is 52.0 Å². The van der Waals surface area contributed by atoms with Gasteiger partial charge in [0.15, 0.2) is 17.7 Å². The van der Waals surface area contributed by atoms with Gasteiger partial charge in [-0.3, -0.25) is 4.79 Å². The molecule has 7 nitrogen and oxygen atoms in total. The fourth-order valence-electron chi connectivity index (χ4n) is 7.05. The van der Waals surface area contributed by atoms with Gasteiger partial charge in [0, 0.05) is 30.4 Å².